The first-order valence-electron chi connectivity index (χ1n) is 7.00. The minimum Gasteiger partial charge on any atom is -0.349 e. The van der Waals surface area contributed by atoms with Crippen molar-refractivity contribution in [1.29, 1.82) is 0 Å². The van der Waals surface area contributed by atoms with Crippen molar-refractivity contribution in [3.8, 4) is 0 Å². The van der Waals surface area contributed by atoms with E-state index < -0.39 is 0 Å². The molecule has 19 heavy (non-hydrogen) atoms. The van der Waals surface area contributed by atoms with Gasteiger partial charge in [0.2, 0.25) is 5.95 Å². The summed E-state index contributed by atoms with van der Waals surface area (Å²) in [5, 5.41) is 11.9. The van der Waals surface area contributed by atoms with Crippen molar-refractivity contribution >= 4 is 17.0 Å². The first kappa shape index (κ1) is 11.1. The number of hydrogen-bond acceptors (Lipinski definition) is 5. The highest BCUT2D eigenvalue weighted by atomic mass is 15.3. The van der Waals surface area contributed by atoms with Gasteiger partial charge in [0.05, 0.1) is 5.52 Å². The van der Waals surface area contributed by atoms with Gasteiger partial charge in [-0.15, -0.1) is 10.2 Å². The summed E-state index contributed by atoms with van der Waals surface area (Å²) in [4.78, 5) is 7.13. The molecule has 1 N–H and O–H groups in total. The standard InChI is InChI=1S/C14H17N5/c1-2-5-11-10(4-1)15-14(18-17-11)16-12-7-9-19-8-3-6-13(12)19/h1-2,4-5,12-13H,3,6-9H2,(H,15,16,18). The van der Waals surface area contributed by atoms with Gasteiger partial charge in [0.25, 0.3) is 0 Å². The number of aromatic nitrogens is 3. The van der Waals surface area contributed by atoms with Gasteiger partial charge in [0.15, 0.2) is 0 Å². The van der Waals surface area contributed by atoms with E-state index in [1.54, 1.807) is 0 Å². The number of para-hydroxylation sites is 1. The minimum atomic E-state index is 0.477. The van der Waals surface area contributed by atoms with Crippen LogP contribution in [0, 0.1) is 0 Å². The maximum Gasteiger partial charge on any atom is 0.243 e. The summed E-state index contributed by atoms with van der Waals surface area (Å²) in [6, 6.07) is 8.99. The summed E-state index contributed by atoms with van der Waals surface area (Å²) >= 11 is 0. The zero-order valence-corrected chi connectivity index (χ0v) is 10.8. The number of nitrogens with one attached hydrogen (secondary N) is 1. The maximum atomic E-state index is 4.55. The van der Waals surface area contributed by atoms with Crippen molar-refractivity contribution in [2.45, 2.75) is 31.3 Å². The molecule has 0 saturated carbocycles. The van der Waals surface area contributed by atoms with Crippen molar-refractivity contribution in [1.82, 2.24) is 20.1 Å². The Balaban J connectivity index is 1.58. The molecule has 4 rings (SSSR count). The van der Waals surface area contributed by atoms with Gasteiger partial charge >= 0.3 is 0 Å². The van der Waals surface area contributed by atoms with Gasteiger partial charge in [-0.3, -0.25) is 4.90 Å². The lowest BCUT2D eigenvalue weighted by atomic mass is 10.1. The van der Waals surface area contributed by atoms with Crippen molar-refractivity contribution in [2.75, 3.05) is 18.4 Å². The molecule has 1 aromatic carbocycles. The van der Waals surface area contributed by atoms with Gasteiger partial charge in [0.1, 0.15) is 5.52 Å². The lowest BCUT2D eigenvalue weighted by Gasteiger charge is -2.20. The molecule has 5 heteroatoms. The zero-order chi connectivity index (χ0) is 12.7. The van der Waals surface area contributed by atoms with Crippen LogP contribution < -0.4 is 5.32 Å². The zero-order valence-electron chi connectivity index (χ0n) is 10.8. The Labute approximate surface area is 112 Å². The Morgan fingerprint density at radius 1 is 1.05 bits per heavy atom. The molecular weight excluding hydrogens is 238 g/mol. The van der Waals surface area contributed by atoms with Crippen LogP contribution in [0.3, 0.4) is 0 Å². The van der Waals surface area contributed by atoms with E-state index in [2.05, 4.69) is 25.4 Å². The predicted molar refractivity (Wildman–Crippen MR) is 74.0 cm³/mol. The molecule has 0 radical (unpaired) electrons. The molecule has 3 heterocycles. The minimum absolute atomic E-state index is 0.477. The summed E-state index contributed by atoms with van der Waals surface area (Å²) in [5.74, 6) is 0.664. The molecule has 0 amide bonds. The fraction of sp³-hybridized carbons (Fsp3) is 0.500. The van der Waals surface area contributed by atoms with E-state index in [1.807, 2.05) is 24.3 Å². The Morgan fingerprint density at radius 3 is 2.89 bits per heavy atom. The first-order valence-corrected chi connectivity index (χ1v) is 7.00. The Bertz CT molecular complexity index is 599. The second-order valence-corrected chi connectivity index (χ2v) is 5.41. The van der Waals surface area contributed by atoms with Gasteiger partial charge in [-0.1, -0.05) is 12.1 Å². The van der Waals surface area contributed by atoms with Crippen LogP contribution in [0.5, 0.6) is 0 Å². The van der Waals surface area contributed by atoms with E-state index in [4.69, 9.17) is 0 Å². The maximum absolute atomic E-state index is 4.55. The van der Waals surface area contributed by atoms with Crippen LogP contribution in [-0.4, -0.2) is 45.3 Å². The summed E-state index contributed by atoms with van der Waals surface area (Å²) < 4.78 is 0. The number of anilines is 1. The highest BCUT2D eigenvalue weighted by molar-refractivity contribution is 5.74. The Hall–Kier alpha value is -1.75. The molecule has 0 spiro atoms. The molecule has 0 aliphatic carbocycles. The average molecular weight is 255 g/mol. The molecule has 2 aromatic rings. The number of fused-ring (bicyclic) bond motifs is 2. The van der Waals surface area contributed by atoms with Crippen LogP contribution in [0.25, 0.3) is 11.0 Å². The third kappa shape index (κ3) is 1.94. The van der Waals surface area contributed by atoms with Crippen molar-refractivity contribution < 1.29 is 0 Å². The van der Waals surface area contributed by atoms with E-state index in [0.717, 1.165) is 11.0 Å². The summed E-state index contributed by atoms with van der Waals surface area (Å²) in [6.07, 6.45) is 3.79. The quantitative estimate of drug-likeness (QED) is 0.884. The van der Waals surface area contributed by atoms with Crippen LogP contribution in [0.4, 0.5) is 5.95 Å². The molecule has 2 unspecified atom stereocenters. The molecule has 2 saturated heterocycles. The molecule has 98 valence electrons. The molecule has 2 aliphatic heterocycles. The van der Waals surface area contributed by atoms with Gasteiger partial charge in [-0.25, -0.2) is 4.98 Å². The molecule has 2 atom stereocenters. The molecular formula is C14H17N5. The lowest BCUT2D eigenvalue weighted by molar-refractivity contribution is 0.318. The average Bonchev–Trinajstić information content (AvgIpc) is 3.04. The lowest BCUT2D eigenvalue weighted by Crippen LogP contribution is -2.34. The van der Waals surface area contributed by atoms with Gasteiger partial charge in [-0.05, 0) is 37.9 Å². The molecule has 2 aliphatic rings. The highest BCUT2D eigenvalue weighted by Gasteiger charge is 2.37. The van der Waals surface area contributed by atoms with Crippen LogP contribution >= 0.6 is 0 Å². The van der Waals surface area contributed by atoms with Gasteiger partial charge in [-0.2, -0.15) is 0 Å². The second kappa shape index (κ2) is 4.42. The fourth-order valence-corrected chi connectivity index (χ4v) is 3.36. The van der Waals surface area contributed by atoms with Crippen LogP contribution in [-0.2, 0) is 0 Å². The van der Waals surface area contributed by atoms with E-state index in [-0.39, 0.29) is 0 Å². The van der Waals surface area contributed by atoms with Crippen LogP contribution in [0.1, 0.15) is 19.3 Å². The number of hydrogen-bond donors (Lipinski definition) is 1. The van der Waals surface area contributed by atoms with E-state index in [0.29, 0.717) is 18.0 Å². The van der Waals surface area contributed by atoms with Gasteiger partial charge < -0.3 is 5.32 Å². The third-order valence-electron chi connectivity index (χ3n) is 4.28. The SMILES string of the molecule is c1ccc2nc(NC3CCN4CCCC34)nnc2c1. The summed E-state index contributed by atoms with van der Waals surface area (Å²) in [6.45, 7) is 2.45. The topological polar surface area (TPSA) is 53.9 Å². The first-order chi connectivity index (χ1) is 9.40. The molecule has 5 nitrogen and oxygen atoms in total. The Kier molecular flexibility index (Phi) is 2.58. The summed E-state index contributed by atoms with van der Waals surface area (Å²) in [5.41, 5.74) is 1.75. The summed E-state index contributed by atoms with van der Waals surface area (Å²) in [7, 11) is 0. The van der Waals surface area contributed by atoms with E-state index >= 15 is 0 Å². The monoisotopic (exact) mass is 255 g/mol. The van der Waals surface area contributed by atoms with Crippen molar-refractivity contribution in [2.24, 2.45) is 0 Å². The van der Waals surface area contributed by atoms with Crippen LogP contribution in [0.2, 0.25) is 0 Å². The number of nitrogens with zero attached hydrogens (tertiary/aromatic N) is 4. The third-order valence-corrected chi connectivity index (χ3v) is 4.28. The molecule has 0 bridgehead atoms. The van der Waals surface area contributed by atoms with E-state index in [9.17, 15) is 0 Å². The van der Waals surface area contributed by atoms with Crippen LogP contribution in [0.15, 0.2) is 24.3 Å². The molecule has 2 fully saturated rings. The van der Waals surface area contributed by atoms with Crippen molar-refractivity contribution in [3.63, 3.8) is 0 Å². The Morgan fingerprint density at radius 2 is 1.95 bits per heavy atom. The predicted octanol–water partition coefficient (Wildman–Crippen LogP) is 1.67. The van der Waals surface area contributed by atoms with Gasteiger partial charge in [0, 0.05) is 18.6 Å². The second-order valence-electron chi connectivity index (χ2n) is 5.41. The normalized spacial score (nSPS) is 26.7. The number of benzene rings is 1. The fourth-order valence-electron chi connectivity index (χ4n) is 3.36. The largest absolute Gasteiger partial charge is 0.349 e. The molecule has 1 aromatic heterocycles. The van der Waals surface area contributed by atoms with Crippen molar-refractivity contribution in [3.05, 3.63) is 24.3 Å². The van der Waals surface area contributed by atoms with E-state index in [1.165, 1.54) is 32.4 Å². The smallest absolute Gasteiger partial charge is 0.243 e. The number of rotatable bonds is 2. The highest BCUT2D eigenvalue weighted by Crippen LogP contribution is 2.29.